The van der Waals surface area contributed by atoms with Crippen molar-refractivity contribution >= 4 is 0 Å². The first kappa shape index (κ1) is 12.0. The van der Waals surface area contributed by atoms with E-state index in [-0.39, 0.29) is 11.7 Å². The molecule has 1 spiro atoms. The first-order valence-corrected chi connectivity index (χ1v) is 6.88. The largest absolute Gasteiger partial charge is 0.484 e. The molecule has 1 aromatic rings. The van der Waals surface area contributed by atoms with E-state index in [1.165, 1.54) is 5.56 Å². The summed E-state index contributed by atoms with van der Waals surface area (Å²) in [6.45, 7) is 6.07. The van der Waals surface area contributed by atoms with Gasteiger partial charge >= 0.3 is 0 Å². The third kappa shape index (κ3) is 1.82. The molecule has 1 saturated heterocycles. The van der Waals surface area contributed by atoms with Crippen LogP contribution in [-0.4, -0.2) is 24.9 Å². The fourth-order valence-corrected chi connectivity index (χ4v) is 3.17. The van der Waals surface area contributed by atoms with Crippen LogP contribution in [0.1, 0.15) is 38.3 Å². The van der Waals surface area contributed by atoms with Crippen LogP contribution in [0.4, 0.5) is 0 Å². The number of benzene rings is 1. The Morgan fingerprint density at radius 3 is 2.94 bits per heavy atom. The lowest BCUT2D eigenvalue weighted by atomic mass is 9.83. The molecule has 3 unspecified atom stereocenters. The van der Waals surface area contributed by atoms with Gasteiger partial charge < -0.3 is 14.8 Å². The lowest BCUT2D eigenvalue weighted by Crippen LogP contribution is -2.48. The van der Waals surface area contributed by atoms with E-state index in [4.69, 9.17) is 9.47 Å². The number of hydrogen-bond donors (Lipinski definition) is 1. The minimum absolute atomic E-state index is 0.138. The molecule has 98 valence electrons. The van der Waals surface area contributed by atoms with Gasteiger partial charge in [-0.25, -0.2) is 0 Å². The minimum Gasteiger partial charge on any atom is -0.484 e. The number of para-hydroxylation sites is 1. The molecule has 0 saturated carbocycles. The summed E-state index contributed by atoms with van der Waals surface area (Å²) in [5, 5.41) is 3.58. The zero-order chi connectivity index (χ0) is 12.6. The Bertz CT molecular complexity index is 434. The van der Waals surface area contributed by atoms with Crippen molar-refractivity contribution in [3.63, 3.8) is 0 Å². The number of nitrogens with one attached hydrogen (secondary N) is 1. The summed E-state index contributed by atoms with van der Waals surface area (Å²) in [5.41, 5.74) is 1.14. The van der Waals surface area contributed by atoms with Gasteiger partial charge in [0.05, 0.1) is 12.7 Å². The smallest absolute Gasteiger partial charge is 0.139 e. The molecule has 2 aliphatic rings. The molecular weight excluding hydrogens is 226 g/mol. The van der Waals surface area contributed by atoms with Crippen LogP contribution < -0.4 is 10.1 Å². The number of fused-ring (bicyclic) bond motifs is 1. The highest BCUT2D eigenvalue weighted by Crippen LogP contribution is 2.45. The number of rotatable bonds is 2. The lowest BCUT2D eigenvalue weighted by molar-refractivity contribution is -0.0305. The van der Waals surface area contributed by atoms with Crippen LogP contribution in [0.2, 0.25) is 0 Å². The van der Waals surface area contributed by atoms with E-state index in [9.17, 15) is 0 Å². The van der Waals surface area contributed by atoms with Crippen LogP contribution in [0.3, 0.4) is 0 Å². The second kappa shape index (κ2) is 4.56. The molecule has 3 rings (SSSR count). The maximum atomic E-state index is 6.30. The van der Waals surface area contributed by atoms with Crippen LogP contribution in [0.15, 0.2) is 24.3 Å². The third-order valence-electron chi connectivity index (χ3n) is 4.24. The minimum atomic E-state index is -0.138. The van der Waals surface area contributed by atoms with Crippen molar-refractivity contribution < 1.29 is 9.47 Å². The molecule has 0 aliphatic carbocycles. The molecule has 3 heteroatoms. The Morgan fingerprint density at radius 2 is 2.22 bits per heavy atom. The van der Waals surface area contributed by atoms with Gasteiger partial charge in [0.2, 0.25) is 0 Å². The van der Waals surface area contributed by atoms with Crippen molar-refractivity contribution in [2.75, 3.05) is 13.2 Å². The average Bonchev–Trinajstić information content (AvgIpc) is 2.71. The molecule has 1 aromatic carbocycles. The second-order valence-electron chi connectivity index (χ2n) is 5.28. The Kier molecular flexibility index (Phi) is 3.04. The SMILES string of the molecule is CCNC1CC2(CCOC2C)Oc2ccccc21. The predicted octanol–water partition coefficient (Wildman–Crippen LogP) is 2.67. The van der Waals surface area contributed by atoms with E-state index in [0.717, 1.165) is 31.7 Å². The van der Waals surface area contributed by atoms with Crippen LogP contribution in [0.25, 0.3) is 0 Å². The Balaban J connectivity index is 1.97. The zero-order valence-corrected chi connectivity index (χ0v) is 11.1. The van der Waals surface area contributed by atoms with Crippen molar-refractivity contribution in [2.24, 2.45) is 0 Å². The molecule has 1 N–H and O–H groups in total. The van der Waals surface area contributed by atoms with Gasteiger partial charge in [-0.3, -0.25) is 0 Å². The zero-order valence-electron chi connectivity index (χ0n) is 11.1. The first-order chi connectivity index (χ1) is 8.75. The third-order valence-corrected chi connectivity index (χ3v) is 4.24. The van der Waals surface area contributed by atoms with Crippen molar-refractivity contribution in [3.8, 4) is 5.75 Å². The van der Waals surface area contributed by atoms with Crippen molar-refractivity contribution in [1.82, 2.24) is 5.32 Å². The van der Waals surface area contributed by atoms with Crippen molar-refractivity contribution in [2.45, 2.75) is 44.4 Å². The lowest BCUT2D eigenvalue weighted by Gasteiger charge is -2.41. The van der Waals surface area contributed by atoms with Gasteiger partial charge in [0.1, 0.15) is 11.4 Å². The second-order valence-corrected chi connectivity index (χ2v) is 5.28. The molecule has 3 nitrogen and oxygen atoms in total. The molecule has 2 heterocycles. The summed E-state index contributed by atoms with van der Waals surface area (Å²) in [6, 6.07) is 8.74. The average molecular weight is 247 g/mol. The van der Waals surface area contributed by atoms with Crippen LogP contribution in [0, 0.1) is 0 Å². The maximum absolute atomic E-state index is 6.30. The van der Waals surface area contributed by atoms with E-state index in [1.54, 1.807) is 0 Å². The molecule has 1 fully saturated rings. The van der Waals surface area contributed by atoms with E-state index in [2.05, 4.69) is 37.4 Å². The van der Waals surface area contributed by atoms with Gasteiger partial charge in [0.15, 0.2) is 0 Å². The van der Waals surface area contributed by atoms with Gasteiger partial charge in [-0.05, 0) is 19.5 Å². The molecule has 0 radical (unpaired) electrons. The summed E-state index contributed by atoms with van der Waals surface area (Å²) in [6.07, 6.45) is 2.16. The van der Waals surface area contributed by atoms with Crippen LogP contribution >= 0.6 is 0 Å². The maximum Gasteiger partial charge on any atom is 0.139 e. The summed E-state index contributed by atoms with van der Waals surface area (Å²) >= 11 is 0. The van der Waals surface area contributed by atoms with Crippen LogP contribution in [-0.2, 0) is 4.74 Å². The Hall–Kier alpha value is -1.06. The first-order valence-electron chi connectivity index (χ1n) is 6.88. The highest BCUT2D eigenvalue weighted by atomic mass is 16.6. The quantitative estimate of drug-likeness (QED) is 0.871. The summed E-state index contributed by atoms with van der Waals surface area (Å²) in [4.78, 5) is 0. The monoisotopic (exact) mass is 247 g/mol. The molecule has 0 bridgehead atoms. The standard InChI is InChI=1S/C15H21NO2/c1-3-16-13-10-15(8-9-17-11(15)2)18-14-7-5-4-6-12(13)14/h4-7,11,13,16H,3,8-10H2,1-2H3. The van der Waals surface area contributed by atoms with Gasteiger partial charge in [0, 0.05) is 24.4 Å². The van der Waals surface area contributed by atoms with Gasteiger partial charge in [0.25, 0.3) is 0 Å². The fourth-order valence-electron chi connectivity index (χ4n) is 3.17. The molecule has 0 amide bonds. The summed E-state index contributed by atoms with van der Waals surface area (Å²) in [5.74, 6) is 1.02. The van der Waals surface area contributed by atoms with Crippen molar-refractivity contribution in [3.05, 3.63) is 29.8 Å². The number of hydrogen-bond acceptors (Lipinski definition) is 3. The fraction of sp³-hybridized carbons (Fsp3) is 0.600. The Labute approximate surface area is 108 Å². The Morgan fingerprint density at radius 1 is 1.39 bits per heavy atom. The normalized spacial score (nSPS) is 34.3. The molecular formula is C15H21NO2. The van der Waals surface area contributed by atoms with E-state index in [1.807, 2.05) is 6.07 Å². The van der Waals surface area contributed by atoms with Crippen LogP contribution in [0.5, 0.6) is 5.75 Å². The predicted molar refractivity (Wildman–Crippen MR) is 70.9 cm³/mol. The summed E-state index contributed by atoms with van der Waals surface area (Å²) in [7, 11) is 0. The molecule has 18 heavy (non-hydrogen) atoms. The van der Waals surface area contributed by atoms with E-state index >= 15 is 0 Å². The summed E-state index contributed by atoms with van der Waals surface area (Å²) < 4.78 is 12.0. The molecule has 0 aromatic heterocycles. The van der Waals surface area contributed by atoms with Gasteiger partial charge in [-0.15, -0.1) is 0 Å². The van der Waals surface area contributed by atoms with Crippen molar-refractivity contribution in [1.29, 1.82) is 0 Å². The van der Waals surface area contributed by atoms with Gasteiger partial charge in [-0.2, -0.15) is 0 Å². The highest BCUT2D eigenvalue weighted by Gasteiger charge is 2.48. The van der Waals surface area contributed by atoms with Gasteiger partial charge in [-0.1, -0.05) is 25.1 Å². The molecule has 3 atom stereocenters. The topological polar surface area (TPSA) is 30.5 Å². The van der Waals surface area contributed by atoms with E-state index in [0.29, 0.717) is 6.04 Å². The number of ether oxygens (including phenoxy) is 2. The van der Waals surface area contributed by atoms with E-state index < -0.39 is 0 Å². The molecule has 2 aliphatic heterocycles. The highest BCUT2D eigenvalue weighted by molar-refractivity contribution is 5.39.